The average Bonchev–Trinajstić information content (AvgIpc) is 2.92. The fourth-order valence-corrected chi connectivity index (χ4v) is 5.14. The first-order valence-corrected chi connectivity index (χ1v) is 13.4. The van der Waals surface area contributed by atoms with Gasteiger partial charge in [0.05, 0.1) is 25.4 Å². The third-order valence-corrected chi connectivity index (χ3v) is 7.41. The number of ether oxygens (including phenoxy) is 4. The number of ketones is 2. The Morgan fingerprint density at radius 3 is 2.24 bits per heavy atom. The van der Waals surface area contributed by atoms with Crippen molar-refractivity contribution in [2.75, 3.05) is 21.3 Å². The Balaban J connectivity index is 2.61. The summed E-state index contributed by atoms with van der Waals surface area (Å²) in [6.45, 7) is 6.87. The van der Waals surface area contributed by atoms with Crippen LogP contribution in [0.25, 0.3) is 0 Å². The summed E-state index contributed by atoms with van der Waals surface area (Å²) in [4.78, 5) is 50.3. The number of hydrogen-bond acceptors (Lipinski definition) is 10. The van der Waals surface area contributed by atoms with Gasteiger partial charge in [0.15, 0.2) is 11.9 Å². The SMILES string of the molecule is COC1=C2C[C@@H](C)C[C@H](OC)[C@H](O)[C@@H](C)/C=C(/C)[C@@H](OC(N)=O)[C@@H](OC)CC/C=C(/C)C(=O)NC(=C2O)C(=O)C1=O. The molecule has 1 aliphatic heterocycles. The number of rotatable bonds is 4. The Morgan fingerprint density at radius 1 is 1.05 bits per heavy atom. The number of amides is 2. The van der Waals surface area contributed by atoms with Crippen LogP contribution in [-0.2, 0) is 33.3 Å². The number of aliphatic hydroxyl groups is 2. The van der Waals surface area contributed by atoms with Crippen LogP contribution in [0.5, 0.6) is 0 Å². The van der Waals surface area contributed by atoms with E-state index in [-0.39, 0.29) is 29.2 Å². The molecule has 0 saturated heterocycles. The fourth-order valence-electron chi connectivity index (χ4n) is 5.14. The normalized spacial score (nSPS) is 32.0. The number of nitrogens with two attached hydrogens (primary N) is 1. The molecule has 0 unspecified atom stereocenters. The van der Waals surface area contributed by atoms with Crippen molar-refractivity contribution in [3.05, 3.63) is 46.1 Å². The lowest BCUT2D eigenvalue weighted by Crippen LogP contribution is -2.38. The fraction of sp³-hybridized carbons (Fsp3) is 0.586. The van der Waals surface area contributed by atoms with Gasteiger partial charge in [-0.1, -0.05) is 26.0 Å². The first-order valence-electron chi connectivity index (χ1n) is 13.4. The molecule has 2 bridgehead atoms. The highest BCUT2D eigenvalue weighted by atomic mass is 16.6. The van der Waals surface area contributed by atoms with Crippen LogP contribution >= 0.6 is 0 Å². The minimum Gasteiger partial charge on any atom is -0.505 e. The Labute approximate surface area is 240 Å². The van der Waals surface area contributed by atoms with Gasteiger partial charge >= 0.3 is 6.09 Å². The number of aliphatic hydroxyl groups excluding tert-OH is 2. The van der Waals surface area contributed by atoms with Crippen molar-refractivity contribution in [3.8, 4) is 0 Å². The number of fused-ring (bicyclic) bond motifs is 1. The summed E-state index contributed by atoms with van der Waals surface area (Å²) in [6, 6.07) is 0. The van der Waals surface area contributed by atoms with Crippen LogP contribution in [0.4, 0.5) is 4.79 Å². The van der Waals surface area contributed by atoms with Crippen molar-refractivity contribution >= 4 is 23.6 Å². The van der Waals surface area contributed by atoms with E-state index < -0.39 is 65.4 Å². The Bertz CT molecular complexity index is 1150. The maximum absolute atomic E-state index is 12.9. The lowest BCUT2D eigenvalue weighted by molar-refractivity contribution is -0.135. The zero-order valence-electron chi connectivity index (χ0n) is 24.7. The maximum Gasteiger partial charge on any atom is 0.405 e. The molecular formula is C29H42N2O10. The molecule has 0 aromatic carbocycles. The molecule has 228 valence electrons. The first kappa shape index (κ1) is 33.7. The highest BCUT2D eigenvalue weighted by Crippen LogP contribution is 2.32. The van der Waals surface area contributed by atoms with E-state index in [1.54, 1.807) is 26.0 Å². The van der Waals surface area contributed by atoms with Crippen LogP contribution in [0.2, 0.25) is 0 Å². The third kappa shape index (κ3) is 8.27. The molecule has 0 aromatic rings. The van der Waals surface area contributed by atoms with Crippen LogP contribution in [0.15, 0.2) is 46.1 Å². The molecule has 0 spiro atoms. The summed E-state index contributed by atoms with van der Waals surface area (Å²) in [6.07, 6.45) is 0.235. The van der Waals surface area contributed by atoms with E-state index >= 15 is 0 Å². The summed E-state index contributed by atoms with van der Waals surface area (Å²) in [7, 11) is 4.13. The van der Waals surface area contributed by atoms with Gasteiger partial charge < -0.3 is 40.2 Å². The van der Waals surface area contributed by atoms with Gasteiger partial charge in [0.1, 0.15) is 11.5 Å². The molecule has 0 radical (unpaired) electrons. The summed E-state index contributed by atoms with van der Waals surface area (Å²) in [5.74, 6) is -4.36. The van der Waals surface area contributed by atoms with Gasteiger partial charge in [-0.05, 0) is 51.0 Å². The van der Waals surface area contributed by atoms with Crippen molar-refractivity contribution < 1.29 is 48.3 Å². The molecule has 1 aliphatic carbocycles. The topological polar surface area (TPSA) is 184 Å². The average molecular weight is 579 g/mol. The van der Waals surface area contributed by atoms with Gasteiger partial charge in [0, 0.05) is 31.3 Å². The van der Waals surface area contributed by atoms with Crippen LogP contribution in [0.3, 0.4) is 0 Å². The van der Waals surface area contributed by atoms with E-state index in [1.807, 2.05) is 6.92 Å². The molecule has 0 fully saturated rings. The standard InChI is InChI=1S/C29H42N2O10/c1-14-11-18-23(33)21(24(34)25(35)27(18)40-7)31-28(36)15(2)9-8-10-19(38-5)26(41-29(30)37)17(4)13-16(3)22(32)20(12-14)39-6/h9,13-14,16,19-20,22,26,32-33H,8,10-12H2,1-7H3,(H2,30,37)(H,31,36)/b15-9-,17-13-/t14-,16+,19+,20+,22-,26-/m1/s1. The van der Waals surface area contributed by atoms with Crippen molar-refractivity contribution in [1.29, 1.82) is 0 Å². The van der Waals surface area contributed by atoms with Gasteiger partial charge in [-0.25, -0.2) is 4.79 Å². The monoisotopic (exact) mass is 578 g/mol. The number of carbonyl (C=O) groups is 4. The molecule has 2 rings (SSSR count). The van der Waals surface area contributed by atoms with Gasteiger partial charge in [-0.2, -0.15) is 0 Å². The van der Waals surface area contributed by atoms with E-state index in [9.17, 15) is 29.4 Å². The lowest BCUT2D eigenvalue weighted by Gasteiger charge is -2.30. The molecular weight excluding hydrogens is 536 g/mol. The highest BCUT2D eigenvalue weighted by molar-refractivity contribution is 6.50. The molecule has 0 aromatic heterocycles. The van der Waals surface area contributed by atoms with Crippen molar-refractivity contribution in [3.63, 3.8) is 0 Å². The number of hydrogen-bond donors (Lipinski definition) is 4. The molecule has 1 heterocycles. The van der Waals surface area contributed by atoms with Crippen LogP contribution in [-0.4, -0.2) is 79.5 Å². The van der Waals surface area contributed by atoms with E-state index in [2.05, 4.69) is 5.32 Å². The smallest absolute Gasteiger partial charge is 0.405 e. The second-order valence-corrected chi connectivity index (χ2v) is 10.5. The van der Waals surface area contributed by atoms with Gasteiger partial charge in [0.25, 0.3) is 17.5 Å². The van der Waals surface area contributed by atoms with Crippen molar-refractivity contribution in [1.82, 2.24) is 5.32 Å². The predicted molar refractivity (Wildman–Crippen MR) is 148 cm³/mol. The number of primary amides is 1. The summed E-state index contributed by atoms with van der Waals surface area (Å²) in [5.41, 5.74) is 5.70. The molecule has 41 heavy (non-hydrogen) atoms. The number of methoxy groups -OCH3 is 3. The molecule has 12 heteroatoms. The highest BCUT2D eigenvalue weighted by Gasteiger charge is 2.38. The van der Waals surface area contributed by atoms with Crippen LogP contribution < -0.4 is 11.1 Å². The van der Waals surface area contributed by atoms with E-state index in [1.165, 1.54) is 28.3 Å². The Kier molecular flexibility index (Phi) is 12.3. The van der Waals surface area contributed by atoms with Gasteiger partial charge in [-0.3, -0.25) is 14.4 Å². The number of allylic oxidation sites excluding steroid dienone is 4. The largest absolute Gasteiger partial charge is 0.505 e. The zero-order valence-corrected chi connectivity index (χ0v) is 24.7. The molecule has 12 nitrogen and oxygen atoms in total. The minimum absolute atomic E-state index is 0.0713. The lowest BCUT2D eigenvalue weighted by atomic mass is 9.85. The van der Waals surface area contributed by atoms with Crippen LogP contribution in [0.1, 0.15) is 53.4 Å². The maximum atomic E-state index is 12.9. The minimum atomic E-state index is -1.10. The molecule has 2 amide bonds. The zero-order chi connectivity index (χ0) is 31.0. The summed E-state index contributed by atoms with van der Waals surface area (Å²) >= 11 is 0. The number of carbonyl (C=O) groups excluding carboxylic acids is 4. The number of nitrogens with one attached hydrogen (secondary N) is 1. The first-order chi connectivity index (χ1) is 19.3. The van der Waals surface area contributed by atoms with Gasteiger partial charge in [-0.15, -0.1) is 0 Å². The molecule has 0 saturated carbocycles. The second kappa shape index (κ2) is 14.9. The quantitative estimate of drug-likeness (QED) is 0.220. The van der Waals surface area contributed by atoms with Gasteiger partial charge in [0.2, 0.25) is 0 Å². The number of Topliss-reactive ketones (excluding diaryl/α,β-unsaturated/α-hetero) is 2. The predicted octanol–water partition coefficient (Wildman–Crippen LogP) is 2.52. The molecule has 5 N–H and O–H groups in total. The van der Waals surface area contributed by atoms with Crippen LogP contribution in [0, 0.1) is 11.8 Å². The summed E-state index contributed by atoms with van der Waals surface area (Å²) < 4.78 is 21.8. The molecule has 6 atom stereocenters. The Morgan fingerprint density at radius 2 is 1.68 bits per heavy atom. The second-order valence-electron chi connectivity index (χ2n) is 10.5. The van der Waals surface area contributed by atoms with Crippen molar-refractivity contribution in [2.45, 2.75) is 77.8 Å². The summed E-state index contributed by atoms with van der Waals surface area (Å²) in [5, 5.41) is 24.6. The van der Waals surface area contributed by atoms with E-state index in [4.69, 9.17) is 24.7 Å². The van der Waals surface area contributed by atoms with E-state index in [0.29, 0.717) is 24.8 Å². The van der Waals surface area contributed by atoms with Crippen molar-refractivity contribution in [2.24, 2.45) is 17.6 Å². The molecule has 2 aliphatic rings. The third-order valence-electron chi connectivity index (χ3n) is 7.41. The Hall–Kier alpha value is -3.48. The van der Waals surface area contributed by atoms with E-state index in [0.717, 1.165) is 0 Å².